The second kappa shape index (κ2) is 11.1. The van der Waals surface area contributed by atoms with Crippen LogP contribution in [-0.4, -0.2) is 36.1 Å². The van der Waals surface area contributed by atoms with Gasteiger partial charge in [-0.2, -0.15) is 0 Å². The zero-order chi connectivity index (χ0) is 28.0. The van der Waals surface area contributed by atoms with Gasteiger partial charge >= 0.3 is 0 Å². The molecule has 2 aliphatic heterocycles. The minimum atomic E-state index is -2.17. The van der Waals surface area contributed by atoms with Gasteiger partial charge in [-0.3, -0.25) is 0 Å². The lowest BCUT2D eigenvalue weighted by molar-refractivity contribution is 0.0950. The van der Waals surface area contributed by atoms with Crippen LogP contribution in [0, 0.1) is 11.8 Å². The molecule has 10 heteroatoms. The third-order valence-corrected chi connectivity index (χ3v) is 14.2. The molecular weight excluding hydrogens is 636 g/mol. The molecule has 0 bridgehead atoms. The maximum Gasteiger partial charge on any atom is 0.231 e. The molecule has 0 N–H and O–H groups in total. The van der Waals surface area contributed by atoms with Crippen LogP contribution in [0.5, 0.6) is 34.5 Å². The summed E-state index contributed by atoms with van der Waals surface area (Å²) in [6.07, 6.45) is 0.573. The zero-order valence-corrected chi connectivity index (χ0v) is 27.8. The Morgan fingerprint density at radius 3 is 2.16 bits per heavy atom. The van der Waals surface area contributed by atoms with Gasteiger partial charge in [0.2, 0.25) is 25.1 Å². The number of halogens is 2. The van der Waals surface area contributed by atoms with E-state index in [2.05, 4.69) is 79.6 Å². The van der Waals surface area contributed by atoms with Crippen LogP contribution in [0.3, 0.4) is 0 Å². The topological polar surface area (TPSA) is 64.6 Å². The molecule has 0 unspecified atom stereocenters. The Hall–Kier alpha value is -1.62. The van der Waals surface area contributed by atoms with Crippen molar-refractivity contribution in [3.63, 3.8) is 0 Å². The fraction of sp³-hybridized carbons (Fsp3) is 0.571. The molecule has 2 aliphatic rings. The van der Waals surface area contributed by atoms with Crippen molar-refractivity contribution in [2.24, 2.45) is 11.8 Å². The van der Waals surface area contributed by atoms with E-state index in [0.29, 0.717) is 34.5 Å². The lowest BCUT2D eigenvalue weighted by Crippen LogP contribution is -2.43. The first-order valence-electron chi connectivity index (χ1n) is 12.8. The molecule has 0 saturated heterocycles. The number of benzene rings is 2. The molecule has 2 heterocycles. The average Bonchev–Trinajstić information content (AvgIpc) is 3.53. The highest BCUT2D eigenvalue weighted by atomic mass is 79.9. The SMILES string of the molecule is COc1cc(C[C@H](C)[C@H](C)[C@H](O[Si](C)(C)C(C)(C)C)c2cc3c(c(OC)c2Br)OCO3)c(Br)c2c1OCO2. The van der Waals surface area contributed by atoms with Crippen molar-refractivity contribution in [1.82, 2.24) is 0 Å². The quantitative estimate of drug-likeness (QED) is 0.248. The monoisotopic (exact) mass is 672 g/mol. The summed E-state index contributed by atoms with van der Waals surface area (Å²) in [5.74, 6) is 4.28. The number of methoxy groups -OCH3 is 2. The highest BCUT2D eigenvalue weighted by Crippen LogP contribution is 2.53. The Bertz CT molecular complexity index is 1200. The molecule has 0 amide bonds. The van der Waals surface area contributed by atoms with E-state index in [1.54, 1.807) is 14.2 Å². The summed E-state index contributed by atoms with van der Waals surface area (Å²) >= 11 is 7.58. The predicted octanol–water partition coefficient (Wildman–Crippen LogP) is 8.26. The van der Waals surface area contributed by atoms with E-state index in [1.807, 2.05) is 12.1 Å². The normalized spacial score (nSPS) is 16.8. The van der Waals surface area contributed by atoms with Gasteiger partial charge in [0, 0.05) is 5.56 Å². The smallest absolute Gasteiger partial charge is 0.231 e. The average molecular weight is 674 g/mol. The van der Waals surface area contributed by atoms with Crippen LogP contribution in [-0.2, 0) is 10.8 Å². The van der Waals surface area contributed by atoms with E-state index in [1.165, 1.54) is 0 Å². The second-order valence-electron chi connectivity index (χ2n) is 11.5. The van der Waals surface area contributed by atoms with E-state index in [0.717, 1.165) is 26.5 Å². The molecule has 7 nitrogen and oxygen atoms in total. The Morgan fingerprint density at radius 1 is 0.895 bits per heavy atom. The summed E-state index contributed by atoms with van der Waals surface area (Å²) in [7, 11) is 1.13. The predicted molar refractivity (Wildman–Crippen MR) is 157 cm³/mol. The second-order valence-corrected chi connectivity index (χ2v) is 17.8. The molecule has 0 fully saturated rings. The molecule has 210 valence electrons. The molecule has 0 spiro atoms. The summed E-state index contributed by atoms with van der Waals surface area (Å²) in [5, 5.41) is 0.0365. The van der Waals surface area contributed by atoms with Gasteiger partial charge in [0.15, 0.2) is 31.3 Å². The van der Waals surface area contributed by atoms with Crippen molar-refractivity contribution in [2.75, 3.05) is 27.8 Å². The number of hydrogen-bond acceptors (Lipinski definition) is 7. The third kappa shape index (κ3) is 5.38. The van der Waals surface area contributed by atoms with Crippen molar-refractivity contribution in [3.8, 4) is 34.5 Å². The van der Waals surface area contributed by atoms with E-state index in [4.69, 9.17) is 32.8 Å². The lowest BCUT2D eigenvalue weighted by atomic mass is 9.83. The molecule has 4 rings (SSSR count). The van der Waals surface area contributed by atoms with Gasteiger partial charge in [-0.05, 0) is 85.9 Å². The van der Waals surface area contributed by atoms with Crippen molar-refractivity contribution >= 4 is 40.2 Å². The van der Waals surface area contributed by atoms with Crippen molar-refractivity contribution < 1.29 is 32.8 Å². The molecule has 38 heavy (non-hydrogen) atoms. The van der Waals surface area contributed by atoms with Crippen LogP contribution in [0.25, 0.3) is 0 Å². The molecule has 0 aromatic heterocycles. The summed E-state index contributed by atoms with van der Waals surface area (Å²) in [5.41, 5.74) is 2.09. The molecule has 2 aromatic rings. The number of rotatable bonds is 9. The van der Waals surface area contributed by atoms with Gasteiger partial charge < -0.3 is 32.8 Å². The molecular formula is C28H38Br2O7Si. The highest BCUT2D eigenvalue weighted by molar-refractivity contribution is 9.11. The van der Waals surface area contributed by atoms with Crippen molar-refractivity contribution in [3.05, 3.63) is 32.2 Å². The largest absolute Gasteiger partial charge is 0.493 e. The van der Waals surface area contributed by atoms with Crippen LogP contribution >= 0.6 is 31.9 Å². The summed E-state index contributed by atoms with van der Waals surface area (Å²) in [6.45, 7) is 16.2. The molecule has 0 aliphatic carbocycles. The molecule has 3 atom stereocenters. The van der Waals surface area contributed by atoms with E-state index in [-0.39, 0.29) is 36.6 Å². The summed E-state index contributed by atoms with van der Waals surface area (Å²) < 4.78 is 43.1. The number of ether oxygens (including phenoxy) is 6. The van der Waals surface area contributed by atoms with E-state index >= 15 is 0 Å². The first kappa shape index (κ1) is 29.4. The van der Waals surface area contributed by atoms with Crippen molar-refractivity contribution in [2.45, 2.75) is 65.3 Å². The van der Waals surface area contributed by atoms with E-state index in [9.17, 15) is 0 Å². The Morgan fingerprint density at radius 2 is 1.53 bits per heavy atom. The highest BCUT2D eigenvalue weighted by Gasteiger charge is 2.43. The van der Waals surface area contributed by atoms with Crippen LogP contribution in [0.15, 0.2) is 21.1 Å². The van der Waals surface area contributed by atoms with Crippen molar-refractivity contribution in [1.29, 1.82) is 0 Å². The fourth-order valence-electron chi connectivity index (χ4n) is 4.53. The Labute approximate surface area is 243 Å². The first-order valence-corrected chi connectivity index (χ1v) is 17.3. The Balaban J connectivity index is 1.74. The van der Waals surface area contributed by atoms with Gasteiger partial charge in [0.05, 0.1) is 29.3 Å². The molecule has 2 aromatic carbocycles. The van der Waals surface area contributed by atoms with Gasteiger partial charge in [-0.15, -0.1) is 0 Å². The molecule has 0 radical (unpaired) electrons. The van der Waals surface area contributed by atoms with Crippen LogP contribution in [0.2, 0.25) is 18.1 Å². The van der Waals surface area contributed by atoms with Crippen LogP contribution in [0.1, 0.15) is 51.8 Å². The maximum atomic E-state index is 7.17. The van der Waals surface area contributed by atoms with E-state index < -0.39 is 8.32 Å². The minimum absolute atomic E-state index is 0.0365. The summed E-state index contributed by atoms with van der Waals surface area (Å²) in [4.78, 5) is 0. The maximum absolute atomic E-state index is 7.17. The van der Waals surface area contributed by atoms with Gasteiger partial charge in [0.1, 0.15) is 0 Å². The zero-order valence-electron chi connectivity index (χ0n) is 23.6. The van der Waals surface area contributed by atoms with Gasteiger partial charge in [0.25, 0.3) is 0 Å². The van der Waals surface area contributed by atoms with Crippen LogP contribution < -0.4 is 28.4 Å². The fourth-order valence-corrected chi connectivity index (χ4v) is 7.12. The standard InChI is InChI=1S/C28H38Br2O7Si/c1-15(10-17-11-19(31-6)24-27(21(17)29)36-14-35-24)16(2)23(37-38(8,9)28(3,4)5)18-12-20-25(34-13-33-20)26(32-7)22(18)30/h11-12,15-16,23H,10,13-14H2,1-9H3/t15-,16-,23-/m0/s1. The minimum Gasteiger partial charge on any atom is -0.493 e. The lowest BCUT2D eigenvalue weighted by Gasteiger charge is -2.42. The first-order chi connectivity index (χ1) is 17.8. The molecule has 0 saturated carbocycles. The summed E-state index contributed by atoms with van der Waals surface area (Å²) in [6, 6.07) is 4.07. The van der Waals surface area contributed by atoms with Crippen LogP contribution in [0.4, 0.5) is 0 Å². The van der Waals surface area contributed by atoms with Gasteiger partial charge in [-0.1, -0.05) is 34.6 Å². The number of fused-ring (bicyclic) bond motifs is 2. The Kier molecular flexibility index (Phi) is 8.58. The number of hydrogen-bond donors (Lipinski definition) is 0. The third-order valence-electron chi connectivity index (χ3n) is 8.09. The van der Waals surface area contributed by atoms with Gasteiger partial charge in [-0.25, -0.2) is 0 Å².